The van der Waals surface area contributed by atoms with Crippen molar-refractivity contribution in [2.45, 2.75) is 25.9 Å². The molecule has 1 aromatic rings. The highest BCUT2D eigenvalue weighted by molar-refractivity contribution is 5.21. The lowest BCUT2D eigenvalue weighted by Gasteiger charge is -2.16. The molecule has 0 bridgehead atoms. The molecule has 3 heteroatoms. The molecule has 17 heavy (non-hydrogen) atoms. The first-order valence-electron chi connectivity index (χ1n) is 6.16. The molecule has 1 atom stereocenters. The number of nitrogens with zero attached hydrogens (tertiary/aromatic N) is 2. The van der Waals surface area contributed by atoms with E-state index in [2.05, 4.69) is 47.5 Å². The van der Waals surface area contributed by atoms with Crippen LogP contribution in [0, 0.1) is 18.3 Å². The molecule has 90 valence electrons. The molecule has 0 radical (unpaired) electrons. The fraction of sp³-hybridized carbons (Fsp3) is 0.500. The number of nitrogens with one attached hydrogen (secondary N) is 1. The summed E-state index contributed by atoms with van der Waals surface area (Å²) in [6.45, 7) is 5.77. The summed E-state index contributed by atoms with van der Waals surface area (Å²) in [6, 6.07) is 11.3. The lowest BCUT2D eigenvalue weighted by atomic mass is 10.1. The Bertz CT molecular complexity index is 391. The molecule has 1 heterocycles. The molecule has 1 saturated heterocycles. The van der Waals surface area contributed by atoms with E-state index in [0.29, 0.717) is 12.6 Å². The Kier molecular flexibility index (Phi) is 4.13. The van der Waals surface area contributed by atoms with Crippen LogP contribution in [0.2, 0.25) is 0 Å². The van der Waals surface area contributed by atoms with Crippen LogP contribution < -0.4 is 5.32 Å². The zero-order valence-electron chi connectivity index (χ0n) is 10.3. The van der Waals surface area contributed by atoms with Gasteiger partial charge in [-0.15, -0.1) is 0 Å². The summed E-state index contributed by atoms with van der Waals surface area (Å²) in [4.78, 5) is 2.44. The second-order valence-corrected chi connectivity index (χ2v) is 4.75. The van der Waals surface area contributed by atoms with Crippen molar-refractivity contribution in [1.29, 1.82) is 5.26 Å². The number of likely N-dealkylation sites (tertiary alicyclic amines) is 1. The largest absolute Gasteiger partial charge is 0.300 e. The van der Waals surface area contributed by atoms with Crippen molar-refractivity contribution in [2.24, 2.45) is 0 Å². The monoisotopic (exact) mass is 229 g/mol. The Balaban J connectivity index is 1.81. The van der Waals surface area contributed by atoms with Gasteiger partial charge in [0.15, 0.2) is 0 Å². The normalized spacial score (nSPS) is 20.4. The van der Waals surface area contributed by atoms with Gasteiger partial charge in [-0.25, -0.2) is 0 Å². The van der Waals surface area contributed by atoms with Crippen LogP contribution in [0.15, 0.2) is 24.3 Å². The minimum Gasteiger partial charge on any atom is -0.300 e. The first kappa shape index (κ1) is 12.1. The molecule has 1 unspecified atom stereocenters. The highest BCUT2D eigenvalue weighted by Crippen LogP contribution is 2.13. The second kappa shape index (κ2) is 5.81. The maximum atomic E-state index is 8.53. The van der Waals surface area contributed by atoms with Crippen molar-refractivity contribution >= 4 is 0 Å². The van der Waals surface area contributed by atoms with E-state index in [4.69, 9.17) is 5.26 Å². The van der Waals surface area contributed by atoms with Gasteiger partial charge < -0.3 is 5.32 Å². The molecular weight excluding hydrogens is 210 g/mol. The lowest BCUT2D eigenvalue weighted by molar-refractivity contribution is 0.321. The van der Waals surface area contributed by atoms with Gasteiger partial charge >= 0.3 is 0 Å². The van der Waals surface area contributed by atoms with Crippen LogP contribution in [0.1, 0.15) is 17.5 Å². The number of rotatable bonds is 4. The maximum absolute atomic E-state index is 8.53. The molecule has 0 saturated carbocycles. The van der Waals surface area contributed by atoms with Crippen LogP contribution >= 0.6 is 0 Å². The molecule has 0 amide bonds. The van der Waals surface area contributed by atoms with Crippen molar-refractivity contribution in [3.05, 3.63) is 35.4 Å². The van der Waals surface area contributed by atoms with Crippen LogP contribution in [-0.2, 0) is 6.54 Å². The smallest absolute Gasteiger partial charge is 0.0843 e. The first-order valence-corrected chi connectivity index (χ1v) is 6.16. The molecule has 1 N–H and O–H groups in total. The maximum Gasteiger partial charge on any atom is 0.0843 e. The third kappa shape index (κ3) is 3.55. The van der Waals surface area contributed by atoms with E-state index in [9.17, 15) is 0 Å². The Morgan fingerprint density at radius 2 is 2.18 bits per heavy atom. The summed E-state index contributed by atoms with van der Waals surface area (Å²) in [7, 11) is 0. The third-order valence-corrected chi connectivity index (χ3v) is 3.27. The quantitative estimate of drug-likeness (QED) is 0.798. The minimum absolute atomic E-state index is 0.461. The summed E-state index contributed by atoms with van der Waals surface area (Å²) in [5.74, 6) is 0. The Hall–Kier alpha value is -1.37. The molecule has 3 nitrogen and oxygen atoms in total. The van der Waals surface area contributed by atoms with Crippen LogP contribution in [0.25, 0.3) is 0 Å². The average Bonchev–Trinajstić information content (AvgIpc) is 2.77. The van der Waals surface area contributed by atoms with Crippen molar-refractivity contribution in [2.75, 3.05) is 19.6 Å². The summed E-state index contributed by atoms with van der Waals surface area (Å²) >= 11 is 0. The van der Waals surface area contributed by atoms with Crippen molar-refractivity contribution < 1.29 is 0 Å². The number of benzene rings is 1. The van der Waals surface area contributed by atoms with E-state index in [1.165, 1.54) is 11.1 Å². The number of nitriles is 1. The number of aryl methyl sites for hydroxylation is 1. The predicted octanol–water partition coefficient (Wildman–Crippen LogP) is 1.68. The zero-order chi connectivity index (χ0) is 12.1. The molecular formula is C14H19N3. The fourth-order valence-corrected chi connectivity index (χ4v) is 2.28. The molecule has 0 aromatic heterocycles. The van der Waals surface area contributed by atoms with Crippen molar-refractivity contribution in [1.82, 2.24) is 10.2 Å². The highest BCUT2D eigenvalue weighted by atomic mass is 15.2. The second-order valence-electron chi connectivity index (χ2n) is 4.75. The lowest BCUT2D eigenvalue weighted by Crippen LogP contribution is -2.32. The third-order valence-electron chi connectivity index (χ3n) is 3.27. The van der Waals surface area contributed by atoms with E-state index in [-0.39, 0.29) is 0 Å². The summed E-state index contributed by atoms with van der Waals surface area (Å²) in [5.41, 5.74) is 2.68. The average molecular weight is 229 g/mol. The predicted molar refractivity (Wildman–Crippen MR) is 68.5 cm³/mol. The topological polar surface area (TPSA) is 39.1 Å². The highest BCUT2D eigenvalue weighted by Gasteiger charge is 2.21. The summed E-state index contributed by atoms with van der Waals surface area (Å²) in [5, 5.41) is 11.8. The van der Waals surface area contributed by atoms with Gasteiger partial charge in [0, 0.05) is 25.7 Å². The number of hydrogen-bond acceptors (Lipinski definition) is 3. The van der Waals surface area contributed by atoms with Gasteiger partial charge in [0.05, 0.1) is 12.6 Å². The first-order chi connectivity index (χ1) is 8.28. The van der Waals surface area contributed by atoms with Gasteiger partial charge in [-0.2, -0.15) is 5.26 Å². The molecule has 0 aliphatic carbocycles. The van der Waals surface area contributed by atoms with Crippen LogP contribution in [0.5, 0.6) is 0 Å². The molecule has 1 aliphatic rings. The Morgan fingerprint density at radius 3 is 2.88 bits per heavy atom. The molecule has 1 aliphatic heterocycles. The van der Waals surface area contributed by atoms with Crippen molar-refractivity contribution in [3.63, 3.8) is 0 Å². The van der Waals surface area contributed by atoms with Gasteiger partial charge in [-0.05, 0) is 18.9 Å². The fourth-order valence-electron chi connectivity index (χ4n) is 2.28. The van der Waals surface area contributed by atoms with Crippen LogP contribution in [0.4, 0.5) is 0 Å². The van der Waals surface area contributed by atoms with Crippen LogP contribution in [-0.4, -0.2) is 30.6 Å². The van der Waals surface area contributed by atoms with Gasteiger partial charge in [-0.3, -0.25) is 4.90 Å². The van der Waals surface area contributed by atoms with E-state index in [0.717, 1.165) is 26.1 Å². The van der Waals surface area contributed by atoms with E-state index in [1.54, 1.807) is 0 Å². The van der Waals surface area contributed by atoms with Gasteiger partial charge in [0.1, 0.15) is 0 Å². The Morgan fingerprint density at radius 1 is 1.41 bits per heavy atom. The molecule has 2 rings (SSSR count). The van der Waals surface area contributed by atoms with Gasteiger partial charge in [0.2, 0.25) is 0 Å². The summed E-state index contributed by atoms with van der Waals surface area (Å²) < 4.78 is 0. The van der Waals surface area contributed by atoms with E-state index < -0.39 is 0 Å². The summed E-state index contributed by atoms with van der Waals surface area (Å²) in [6.07, 6.45) is 1.15. The standard InChI is InChI=1S/C14H19N3/c1-12-2-4-13(5-3-12)10-17-9-6-14(11-17)16-8-7-15/h2-5,14,16H,6,8-11H2,1H3. The molecule has 0 spiro atoms. The van der Waals surface area contributed by atoms with Crippen molar-refractivity contribution in [3.8, 4) is 6.07 Å². The molecule has 1 fully saturated rings. The zero-order valence-corrected chi connectivity index (χ0v) is 10.3. The van der Waals surface area contributed by atoms with E-state index in [1.807, 2.05) is 0 Å². The SMILES string of the molecule is Cc1ccc(CN2CCC(NCC#N)C2)cc1. The number of hydrogen-bond donors (Lipinski definition) is 1. The van der Waals surface area contributed by atoms with Gasteiger partial charge in [-0.1, -0.05) is 29.8 Å². The van der Waals surface area contributed by atoms with E-state index >= 15 is 0 Å². The van der Waals surface area contributed by atoms with Gasteiger partial charge in [0.25, 0.3) is 0 Å². The van der Waals surface area contributed by atoms with Crippen LogP contribution in [0.3, 0.4) is 0 Å². The Labute approximate surface area is 103 Å². The molecule has 1 aromatic carbocycles. The minimum atomic E-state index is 0.461.